The van der Waals surface area contributed by atoms with E-state index in [4.69, 9.17) is 38.5 Å². The van der Waals surface area contributed by atoms with Gasteiger partial charge >= 0.3 is 5.97 Å². The standard InChI is InChI=1S/C18H18Cl2N2O3S/c1-24-14-5-3-13(4-6-14)18(21)22-25-17(23)8-9-26-11-12-2-7-15(19)16(20)10-12/h2-7,10H,8-9,11H2,1H3,(H2,21,22). The highest BCUT2D eigenvalue weighted by molar-refractivity contribution is 7.98. The number of benzene rings is 2. The molecule has 5 nitrogen and oxygen atoms in total. The molecule has 0 saturated heterocycles. The van der Waals surface area contributed by atoms with E-state index in [2.05, 4.69) is 5.16 Å². The molecule has 2 rings (SSSR count). The van der Waals surface area contributed by atoms with Crippen molar-refractivity contribution in [3.8, 4) is 5.75 Å². The molecule has 0 heterocycles. The van der Waals surface area contributed by atoms with Gasteiger partial charge in [-0.2, -0.15) is 11.8 Å². The largest absolute Gasteiger partial charge is 0.497 e. The van der Waals surface area contributed by atoms with Gasteiger partial charge in [-0.15, -0.1) is 0 Å². The zero-order chi connectivity index (χ0) is 18.9. The third-order valence-corrected chi connectivity index (χ3v) is 5.10. The van der Waals surface area contributed by atoms with Crippen LogP contribution in [0.1, 0.15) is 17.5 Å². The smallest absolute Gasteiger partial charge is 0.335 e. The molecule has 0 saturated carbocycles. The molecule has 0 aromatic heterocycles. The van der Waals surface area contributed by atoms with Crippen LogP contribution in [0, 0.1) is 0 Å². The van der Waals surface area contributed by atoms with Crippen LogP contribution in [0.4, 0.5) is 0 Å². The first-order chi connectivity index (χ1) is 12.5. The van der Waals surface area contributed by atoms with E-state index in [-0.39, 0.29) is 12.3 Å². The molecule has 0 amide bonds. The summed E-state index contributed by atoms with van der Waals surface area (Å²) in [7, 11) is 1.58. The lowest BCUT2D eigenvalue weighted by molar-refractivity contribution is -0.143. The van der Waals surface area contributed by atoms with Gasteiger partial charge in [-0.25, -0.2) is 4.79 Å². The number of oxime groups is 1. The van der Waals surface area contributed by atoms with Gasteiger partial charge < -0.3 is 15.3 Å². The van der Waals surface area contributed by atoms with E-state index >= 15 is 0 Å². The van der Waals surface area contributed by atoms with Crippen LogP contribution in [-0.2, 0) is 15.4 Å². The van der Waals surface area contributed by atoms with Crippen molar-refractivity contribution in [1.29, 1.82) is 0 Å². The maximum atomic E-state index is 11.7. The summed E-state index contributed by atoms with van der Waals surface area (Å²) in [5.41, 5.74) is 7.48. The molecular formula is C18H18Cl2N2O3S. The number of carbonyl (C=O) groups is 1. The minimum Gasteiger partial charge on any atom is -0.497 e. The van der Waals surface area contributed by atoms with E-state index in [1.54, 1.807) is 49.2 Å². The Bertz CT molecular complexity index is 783. The predicted molar refractivity (Wildman–Crippen MR) is 107 cm³/mol. The zero-order valence-corrected chi connectivity index (χ0v) is 16.4. The first-order valence-electron chi connectivity index (χ1n) is 7.69. The Kier molecular flexibility index (Phi) is 8.09. The molecule has 8 heteroatoms. The van der Waals surface area contributed by atoms with Gasteiger partial charge in [0.1, 0.15) is 5.75 Å². The highest BCUT2D eigenvalue weighted by Crippen LogP contribution is 2.24. The molecule has 0 radical (unpaired) electrons. The summed E-state index contributed by atoms with van der Waals surface area (Å²) < 4.78 is 5.06. The molecule has 26 heavy (non-hydrogen) atoms. The first-order valence-corrected chi connectivity index (χ1v) is 9.60. The van der Waals surface area contributed by atoms with Crippen LogP contribution in [0.3, 0.4) is 0 Å². The Hall–Kier alpha value is -1.89. The Balaban J connectivity index is 1.73. The lowest BCUT2D eigenvalue weighted by Gasteiger charge is -2.04. The fourth-order valence-corrected chi connectivity index (χ4v) is 3.13. The Morgan fingerprint density at radius 2 is 1.88 bits per heavy atom. The van der Waals surface area contributed by atoms with Crippen LogP contribution in [0.25, 0.3) is 0 Å². The Morgan fingerprint density at radius 3 is 2.54 bits per heavy atom. The summed E-state index contributed by atoms with van der Waals surface area (Å²) in [4.78, 5) is 16.6. The molecule has 0 unspecified atom stereocenters. The minimum absolute atomic E-state index is 0.129. The number of nitrogens with zero attached hydrogens (tertiary/aromatic N) is 1. The van der Waals surface area contributed by atoms with E-state index in [1.165, 1.54) is 0 Å². The monoisotopic (exact) mass is 412 g/mol. The quantitative estimate of drug-likeness (QED) is 0.227. The van der Waals surface area contributed by atoms with Crippen molar-refractivity contribution in [2.24, 2.45) is 10.9 Å². The lowest BCUT2D eigenvalue weighted by Crippen LogP contribution is -2.15. The van der Waals surface area contributed by atoms with Gasteiger partial charge in [-0.05, 0) is 42.0 Å². The Labute approximate surface area is 166 Å². The van der Waals surface area contributed by atoms with E-state index in [0.29, 0.717) is 27.1 Å². The van der Waals surface area contributed by atoms with Crippen molar-refractivity contribution >= 4 is 46.8 Å². The highest BCUT2D eigenvalue weighted by Gasteiger charge is 2.06. The van der Waals surface area contributed by atoms with Crippen molar-refractivity contribution < 1.29 is 14.4 Å². The van der Waals surface area contributed by atoms with Crippen molar-refractivity contribution in [2.75, 3.05) is 12.9 Å². The number of halogens is 2. The average molecular weight is 413 g/mol. The van der Waals surface area contributed by atoms with Gasteiger partial charge in [0.2, 0.25) is 0 Å². The number of methoxy groups -OCH3 is 1. The SMILES string of the molecule is COc1ccc(/C(N)=N\OC(=O)CCSCc2ccc(Cl)c(Cl)c2)cc1. The third kappa shape index (κ3) is 6.44. The van der Waals surface area contributed by atoms with Gasteiger partial charge in [0.25, 0.3) is 0 Å². The number of rotatable bonds is 8. The Morgan fingerprint density at radius 1 is 1.15 bits per heavy atom. The molecule has 138 valence electrons. The van der Waals surface area contributed by atoms with Gasteiger partial charge in [0, 0.05) is 17.1 Å². The van der Waals surface area contributed by atoms with Crippen LogP contribution in [-0.4, -0.2) is 24.7 Å². The van der Waals surface area contributed by atoms with Crippen LogP contribution in [0.2, 0.25) is 10.0 Å². The number of ether oxygens (including phenoxy) is 1. The third-order valence-electron chi connectivity index (χ3n) is 3.33. The maximum Gasteiger partial charge on any atom is 0.335 e. The predicted octanol–water partition coefficient (Wildman–Crippen LogP) is 4.49. The number of carbonyl (C=O) groups excluding carboxylic acids is 1. The molecule has 2 N–H and O–H groups in total. The van der Waals surface area contributed by atoms with Crippen LogP contribution in [0.5, 0.6) is 5.75 Å². The van der Waals surface area contributed by atoms with E-state index in [0.717, 1.165) is 11.3 Å². The average Bonchev–Trinajstić information content (AvgIpc) is 2.66. The fraction of sp³-hybridized carbons (Fsp3) is 0.222. The van der Waals surface area contributed by atoms with Gasteiger partial charge in [-0.1, -0.05) is 34.4 Å². The number of hydrogen-bond donors (Lipinski definition) is 1. The topological polar surface area (TPSA) is 73.9 Å². The molecule has 0 aliphatic heterocycles. The number of amidine groups is 1. The van der Waals surface area contributed by atoms with Gasteiger partial charge in [0.15, 0.2) is 5.84 Å². The number of hydrogen-bond acceptors (Lipinski definition) is 5. The summed E-state index contributed by atoms with van der Waals surface area (Å²) in [5.74, 6) is 1.71. The van der Waals surface area contributed by atoms with Crippen molar-refractivity contribution in [3.05, 3.63) is 63.6 Å². The zero-order valence-electron chi connectivity index (χ0n) is 14.1. The second kappa shape index (κ2) is 10.3. The molecule has 0 spiro atoms. The van der Waals surface area contributed by atoms with Crippen LogP contribution < -0.4 is 10.5 Å². The molecule has 0 bridgehead atoms. The highest BCUT2D eigenvalue weighted by atomic mass is 35.5. The van der Waals surface area contributed by atoms with E-state index in [1.807, 2.05) is 12.1 Å². The summed E-state index contributed by atoms with van der Waals surface area (Å²) in [6.45, 7) is 0. The molecule has 2 aromatic carbocycles. The molecular weight excluding hydrogens is 395 g/mol. The van der Waals surface area contributed by atoms with Crippen LogP contribution in [0.15, 0.2) is 47.6 Å². The lowest BCUT2D eigenvalue weighted by atomic mass is 10.2. The first kappa shape index (κ1) is 20.4. The molecule has 2 aromatic rings. The van der Waals surface area contributed by atoms with Crippen molar-refractivity contribution in [2.45, 2.75) is 12.2 Å². The maximum absolute atomic E-state index is 11.7. The molecule has 0 aliphatic carbocycles. The fourth-order valence-electron chi connectivity index (χ4n) is 1.94. The van der Waals surface area contributed by atoms with E-state index < -0.39 is 5.97 Å². The van der Waals surface area contributed by atoms with Gasteiger partial charge in [-0.3, -0.25) is 0 Å². The molecule has 0 aliphatic rings. The molecule has 0 atom stereocenters. The summed E-state index contributed by atoms with van der Waals surface area (Å²) in [6, 6.07) is 12.4. The second-order valence-electron chi connectivity index (χ2n) is 5.22. The number of nitrogens with two attached hydrogens (primary N) is 1. The van der Waals surface area contributed by atoms with Crippen molar-refractivity contribution in [3.63, 3.8) is 0 Å². The summed E-state index contributed by atoms with van der Waals surface area (Å²) >= 11 is 13.4. The van der Waals surface area contributed by atoms with Crippen molar-refractivity contribution in [1.82, 2.24) is 0 Å². The summed E-state index contributed by atoms with van der Waals surface area (Å²) in [5, 5.41) is 4.72. The second-order valence-corrected chi connectivity index (χ2v) is 7.14. The molecule has 0 fully saturated rings. The normalized spacial score (nSPS) is 11.3. The van der Waals surface area contributed by atoms with Gasteiger partial charge in [0.05, 0.1) is 23.6 Å². The van der Waals surface area contributed by atoms with E-state index in [9.17, 15) is 4.79 Å². The number of thioether (sulfide) groups is 1. The minimum atomic E-state index is -0.442. The summed E-state index contributed by atoms with van der Waals surface area (Å²) in [6.07, 6.45) is 0.228. The van der Waals surface area contributed by atoms with Crippen LogP contribution >= 0.6 is 35.0 Å².